The molecule has 0 radical (unpaired) electrons. The van der Waals surface area contributed by atoms with Gasteiger partial charge in [0.25, 0.3) is 0 Å². The van der Waals surface area contributed by atoms with Gasteiger partial charge in [-0.1, -0.05) is 45.0 Å². The number of hydrogen-bond donors (Lipinski definition) is 1. The van der Waals surface area contributed by atoms with E-state index >= 15 is 0 Å². The number of likely N-dealkylation sites (tertiary alicyclic amines) is 1. The Bertz CT molecular complexity index is 586. The number of carboxylic acid groups (broad SMARTS) is 1. The fourth-order valence-electron chi connectivity index (χ4n) is 2.93. The number of carbonyl (C=O) groups excluding carboxylic acids is 1. The summed E-state index contributed by atoms with van der Waals surface area (Å²) in [4.78, 5) is 25.2. The zero-order valence-electron chi connectivity index (χ0n) is 14.6. The van der Waals surface area contributed by atoms with Gasteiger partial charge in [0.15, 0.2) is 0 Å². The Kier molecular flexibility index (Phi) is 4.83. The molecule has 1 saturated heterocycles. The van der Waals surface area contributed by atoms with Crippen LogP contribution in [0.3, 0.4) is 0 Å². The largest absolute Gasteiger partial charge is 0.481 e. The second-order valence-corrected chi connectivity index (χ2v) is 7.88. The van der Waals surface area contributed by atoms with Crippen LogP contribution in [-0.2, 0) is 21.4 Å². The van der Waals surface area contributed by atoms with E-state index in [1.54, 1.807) is 11.8 Å². The Labute approximate surface area is 138 Å². The van der Waals surface area contributed by atoms with Crippen LogP contribution in [0.4, 0.5) is 0 Å². The first kappa shape index (κ1) is 17.5. The Morgan fingerprint density at radius 1 is 1.22 bits per heavy atom. The van der Waals surface area contributed by atoms with E-state index in [0.717, 1.165) is 5.56 Å². The standard InChI is InChI=1S/C19H27NO3/c1-18(2,3)15-8-5-14(6-9-15)7-10-16(21)20-12-11-19(4,13-20)17(22)23/h5-6,8-9H,7,10-13H2,1-4H3,(H,22,23). The molecule has 1 fully saturated rings. The summed E-state index contributed by atoms with van der Waals surface area (Å²) in [6, 6.07) is 8.41. The van der Waals surface area contributed by atoms with Crippen molar-refractivity contribution >= 4 is 11.9 Å². The van der Waals surface area contributed by atoms with E-state index in [2.05, 4.69) is 45.0 Å². The summed E-state index contributed by atoms with van der Waals surface area (Å²) in [5, 5.41) is 9.23. The molecule has 126 valence electrons. The highest BCUT2D eigenvalue weighted by atomic mass is 16.4. The monoisotopic (exact) mass is 317 g/mol. The van der Waals surface area contributed by atoms with Crippen molar-refractivity contribution in [1.29, 1.82) is 0 Å². The highest BCUT2D eigenvalue weighted by molar-refractivity contribution is 5.80. The van der Waals surface area contributed by atoms with E-state index in [0.29, 0.717) is 32.4 Å². The lowest BCUT2D eigenvalue weighted by Crippen LogP contribution is -2.34. The SMILES string of the molecule is CC1(C(=O)O)CCN(C(=O)CCc2ccc(C(C)(C)C)cc2)C1. The molecule has 2 rings (SSSR count). The summed E-state index contributed by atoms with van der Waals surface area (Å²) in [5.41, 5.74) is 1.77. The van der Waals surface area contributed by atoms with Crippen molar-refractivity contribution in [2.75, 3.05) is 13.1 Å². The van der Waals surface area contributed by atoms with Crippen LogP contribution in [0.25, 0.3) is 0 Å². The number of aryl methyl sites for hydroxylation is 1. The topological polar surface area (TPSA) is 57.6 Å². The molecule has 1 N–H and O–H groups in total. The Morgan fingerprint density at radius 2 is 1.83 bits per heavy atom. The average molecular weight is 317 g/mol. The summed E-state index contributed by atoms with van der Waals surface area (Å²) in [6.45, 7) is 9.12. The lowest BCUT2D eigenvalue weighted by atomic mass is 9.86. The molecule has 0 spiro atoms. The van der Waals surface area contributed by atoms with Crippen molar-refractivity contribution in [2.24, 2.45) is 5.41 Å². The number of carboxylic acids is 1. The van der Waals surface area contributed by atoms with Gasteiger partial charge >= 0.3 is 5.97 Å². The maximum Gasteiger partial charge on any atom is 0.311 e. The molecule has 1 unspecified atom stereocenters. The van der Waals surface area contributed by atoms with Gasteiger partial charge in [0.2, 0.25) is 5.91 Å². The maximum atomic E-state index is 12.3. The second kappa shape index (κ2) is 6.34. The molecule has 0 bridgehead atoms. The molecule has 4 nitrogen and oxygen atoms in total. The number of benzene rings is 1. The van der Waals surface area contributed by atoms with Gasteiger partial charge in [-0.2, -0.15) is 0 Å². The highest BCUT2D eigenvalue weighted by Crippen LogP contribution is 2.30. The van der Waals surface area contributed by atoms with Crippen molar-refractivity contribution in [3.05, 3.63) is 35.4 Å². The van der Waals surface area contributed by atoms with Crippen LogP contribution in [0.15, 0.2) is 24.3 Å². The number of hydrogen-bond acceptors (Lipinski definition) is 2. The molecule has 1 aliphatic rings. The highest BCUT2D eigenvalue weighted by Gasteiger charge is 2.41. The fraction of sp³-hybridized carbons (Fsp3) is 0.579. The summed E-state index contributed by atoms with van der Waals surface area (Å²) in [5.74, 6) is -0.763. The van der Waals surface area contributed by atoms with Crippen LogP contribution in [0.1, 0.15) is 51.7 Å². The molecule has 0 aliphatic carbocycles. The Hall–Kier alpha value is -1.84. The van der Waals surface area contributed by atoms with E-state index in [1.807, 2.05) is 0 Å². The molecule has 1 aromatic rings. The minimum Gasteiger partial charge on any atom is -0.481 e. The molecule has 1 amide bonds. The van der Waals surface area contributed by atoms with Crippen molar-refractivity contribution in [3.63, 3.8) is 0 Å². The van der Waals surface area contributed by atoms with Crippen molar-refractivity contribution in [2.45, 2.75) is 52.4 Å². The quantitative estimate of drug-likeness (QED) is 0.927. The zero-order valence-corrected chi connectivity index (χ0v) is 14.6. The van der Waals surface area contributed by atoms with Crippen LogP contribution < -0.4 is 0 Å². The second-order valence-electron chi connectivity index (χ2n) is 7.88. The molecular formula is C19H27NO3. The summed E-state index contributed by atoms with van der Waals surface area (Å²) < 4.78 is 0. The van der Waals surface area contributed by atoms with Crippen molar-refractivity contribution < 1.29 is 14.7 Å². The third kappa shape index (κ3) is 4.12. The van der Waals surface area contributed by atoms with Gasteiger partial charge in [0.1, 0.15) is 0 Å². The average Bonchev–Trinajstić information content (AvgIpc) is 2.88. The molecular weight excluding hydrogens is 290 g/mol. The number of carbonyl (C=O) groups is 2. The van der Waals surface area contributed by atoms with Gasteiger partial charge in [-0.25, -0.2) is 0 Å². The first-order valence-corrected chi connectivity index (χ1v) is 8.22. The Balaban J connectivity index is 1.89. The van der Waals surface area contributed by atoms with Gasteiger partial charge in [0.05, 0.1) is 5.41 Å². The van der Waals surface area contributed by atoms with Gasteiger partial charge in [-0.05, 0) is 36.3 Å². The van der Waals surface area contributed by atoms with Gasteiger partial charge in [-0.15, -0.1) is 0 Å². The van der Waals surface area contributed by atoms with Crippen molar-refractivity contribution in [3.8, 4) is 0 Å². The minimum absolute atomic E-state index is 0.0508. The van der Waals surface area contributed by atoms with Crippen LogP contribution in [-0.4, -0.2) is 35.0 Å². The fourth-order valence-corrected chi connectivity index (χ4v) is 2.93. The molecule has 4 heteroatoms. The first-order valence-electron chi connectivity index (χ1n) is 8.22. The molecule has 1 heterocycles. The third-order valence-electron chi connectivity index (χ3n) is 4.79. The number of nitrogens with zero attached hydrogens (tertiary/aromatic N) is 1. The van der Waals surface area contributed by atoms with E-state index in [9.17, 15) is 14.7 Å². The van der Waals surface area contributed by atoms with E-state index in [1.165, 1.54) is 5.56 Å². The number of aliphatic carboxylic acids is 1. The molecule has 23 heavy (non-hydrogen) atoms. The first-order chi connectivity index (χ1) is 10.6. The van der Waals surface area contributed by atoms with Crippen LogP contribution >= 0.6 is 0 Å². The number of rotatable bonds is 4. The van der Waals surface area contributed by atoms with Crippen LogP contribution in [0, 0.1) is 5.41 Å². The summed E-state index contributed by atoms with van der Waals surface area (Å²) >= 11 is 0. The van der Waals surface area contributed by atoms with E-state index in [-0.39, 0.29) is 11.3 Å². The van der Waals surface area contributed by atoms with Gasteiger partial charge < -0.3 is 10.0 Å². The normalized spacial score (nSPS) is 21.5. The molecule has 1 aromatic carbocycles. The third-order valence-corrected chi connectivity index (χ3v) is 4.79. The lowest BCUT2D eigenvalue weighted by molar-refractivity contribution is -0.147. The molecule has 0 saturated carbocycles. The van der Waals surface area contributed by atoms with Crippen LogP contribution in [0.2, 0.25) is 0 Å². The van der Waals surface area contributed by atoms with Crippen LogP contribution in [0.5, 0.6) is 0 Å². The maximum absolute atomic E-state index is 12.3. The lowest BCUT2D eigenvalue weighted by Gasteiger charge is -2.20. The zero-order chi connectivity index (χ0) is 17.3. The van der Waals surface area contributed by atoms with E-state index in [4.69, 9.17) is 0 Å². The molecule has 1 atom stereocenters. The number of amides is 1. The summed E-state index contributed by atoms with van der Waals surface area (Å²) in [6.07, 6.45) is 1.67. The smallest absolute Gasteiger partial charge is 0.311 e. The predicted octanol–water partition coefficient (Wildman–Crippen LogP) is 3.24. The molecule has 0 aromatic heterocycles. The molecule has 1 aliphatic heterocycles. The van der Waals surface area contributed by atoms with E-state index < -0.39 is 11.4 Å². The minimum atomic E-state index is -0.814. The van der Waals surface area contributed by atoms with Gasteiger partial charge in [-0.3, -0.25) is 9.59 Å². The van der Waals surface area contributed by atoms with Gasteiger partial charge in [0, 0.05) is 19.5 Å². The Morgan fingerprint density at radius 3 is 2.30 bits per heavy atom. The predicted molar refractivity (Wildman–Crippen MR) is 90.4 cm³/mol. The van der Waals surface area contributed by atoms with Crippen molar-refractivity contribution in [1.82, 2.24) is 4.90 Å². The summed E-state index contributed by atoms with van der Waals surface area (Å²) in [7, 11) is 0.